The van der Waals surface area contributed by atoms with Gasteiger partial charge in [0.1, 0.15) is 11.6 Å². The molecular formula is C13H13IN2O2. The first-order chi connectivity index (χ1) is 8.70. The number of H-pyrrole nitrogens is 1. The zero-order chi connectivity index (χ0) is 13.0. The largest absolute Gasteiger partial charge is 0.494 e. The van der Waals surface area contributed by atoms with E-state index >= 15 is 0 Å². The second kappa shape index (κ2) is 5.99. The summed E-state index contributed by atoms with van der Waals surface area (Å²) >= 11 is 1.95. The van der Waals surface area contributed by atoms with Gasteiger partial charge in [0.05, 0.1) is 10.2 Å². The van der Waals surface area contributed by atoms with E-state index in [2.05, 4.69) is 16.9 Å². The molecule has 0 saturated carbocycles. The van der Waals surface area contributed by atoms with Crippen LogP contribution in [0.4, 0.5) is 0 Å². The van der Waals surface area contributed by atoms with Gasteiger partial charge in [0, 0.05) is 11.8 Å². The Balaban J connectivity index is 2.32. The van der Waals surface area contributed by atoms with Gasteiger partial charge in [-0.05, 0) is 41.1 Å². The number of halogens is 1. The number of aromatic nitrogens is 2. The Kier molecular flexibility index (Phi) is 4.35. The standard InChI is InChI=1S/C13H13IN2O2/c1-2-6-18-10-5-3-4-9(7-10)12-15-8-11(14)13(17)16-12/h3-5,7-8H,2,6H2,1H3,(H,15,16,17). The summed E-state index contributed by atoms with van der Waals surface area (Å²) in [5.74, 6) is 1.35. The molecule has 1 aromatic heterocycles. The number of rotatable bonds is 4. The number of nitrogens with one attached hydrogen (secondary N) is 1. The second-order valence-electron chi connectivity index (χ2n) is 3.79. The van der Waals surface area contributed by atoms with Gasteiger partial charge in [-0.3, -0.25) is 4.79 Å². The van der Waals surface area contributed by atoms with E-state index in [9.17, 15) is 4.79 Å². The van der Waals surface area contributed by atoms with Crippen LogP contribution in [0.1, 0.15) is 13.3 Å². The molecule has 0 spiro atoms. The molecule has 1 N–H and O–H groups in total. The van der Waals surface area contributed by atoms with Crippen LogP contribution >= 0.6 is 22.6 Å². The lowest BCUT2D eigenvalue weighted by atomic mass is 10.2. The van der Waals surface area contributed by atoms with E-state index in [0.29, 0.717) is 16.0 Å². The maximum absolute atomic E-state index is 11.5. The van der Waals surface area contributed by atoms with E-state index in [1.165, 1.54) is 0 Å². The van der Waals surface area contributed by atoms with Gasteiger partial charge in [-0.1, -0.05) is 19.1 Å². The number of aromatic amines is 1. The van der Waals surface area contributed by atoms with Crippen LogP contribution in [0, 0.1) is 3.57 Å². The maximum Gasteiger partial charge on any atom is 0.264 e. The molecule has 5 heteroatoms. The molecule has 0 aliphatic carbocycles. The molecule has 94 valence electrons. The highest BCUT2D eigenvalue weighted by Crippen LogP contribution is 2.20. The van der Waals surface area contributed by atoms with E-state index in [-0.39, 0.29) is 5.56 Å². The Morgan fingerprint density at radius 2 is 2.28 bits per heavy atom. The average molecular weight is 356 g/mol. The van der Waals surface area contributed by atoms with Crippen LogP contribution < -0.4 is 10.3 Å². The summed E-state index contributed by atoms with van der Waals surface area (Å²) in [4.78, 5) is 18.5. The fourth-order valence-electron chi connectivity index (χ4n) is 1.48. The predicted octanol–water partition coefficient (Wildman–Crippen LogP) is 2.83. The molecule has 0 amide bonds. The van der Waals surface area contributed by atoms with Crippen molar-refractivity contribution in [3.63, 3.8) is 0 Å². The number of nitrogens with zero attached hydrogens (tertiary/aromatic N) is 1. The third kappa shape index (κ3) is 3.10. The van der Waals surface area contributed by atoms with Gasteiger partial charge >= 0.3 is 0 Å². The van der Waals surface area contributed by atoms with Gasteiger partial charge in [0.25, 0.3) is 5.56 Å². The van der Waals surface area contributed by atoms with Crippen LogP contribution in [-0.2, 0) is 0 Å². The smallest absolute Gasteiger partial charge is 0.264 e. The van der Waals surface area contributed by atoms with Crippen LogP contribution in [0.25, 0.3) is 11.4 Å². The highest BCUT2D eigenvalue weighted by Gasteiger charge is 2.04. The van der Waals surface area contributed by atoms with Crippen LogP contribution in [0.3, 0.4) is 0 Å². The molecule has 0 saturated heterocycles. The van der Waals surface area contributed by atoms with Crippen LogP contribution in [0.15, 0.2) is 35.3 Å². The lowest BCUT2D eigenvalue weighted by Crippen LogP contribution is -2.11. The Labute approximate surface area is 119 Å². The summed E-state index contributed by atoms with van der Waals surface area (Å²) in [6.45, 7) is 2.74. The first kappa shape index (κ1) is 13.1. The third-order valence-corrected chi connectivity index (χ3v) is 3.10. The second-order valence-corrected chi connectivity index (χ2v) is 4.95. The summed E-state index contributed by atoms with van der Waals surface area (Å²) < 4.78 is 6.13. The number of benzene rings is 1. The molecular weight excluding hydrogens is 343 g/mol. The Hall–Kier alpha value is -1.37. The van der Waals surface area contributed by atoms with Crippen molar-refractivity contribution >= 4 is 22.6 Å². The van der Waals surface area contributed by atoms with Crippen LogP contribution in [0.2, 0.25) is 0 Å². The fourth-order valence-corrected chi connectivity index (χ4v) is 1.75. The summed E-state index contributed by atoms with van der Waals surface area (Å²) in [5.41, 5.74) is 0.720. The van der Waals surface area contributed by atoms with Gasteiger partial charge < -0.3 is 9.72 Å². The van der Waals surface area contributed by atoms with Crippen LogP contribution in [-0.4, -0.2) is 16.6 Å². The van der Waals surface area contributed by atoms with Gasteiger partial charge in [-0.25, -0.2) is 4.98 Å². The lowest BCUT2D eigenvalue weighted by molar-refractivity contribution is 0.317. The molecule has 2 rings (SSSR count). The average Bonchev–Trinajstić information content (AvgIpc) is 2.40. The molecule has 18 heavy (non-hydrogen) atoms. The SMILES string of the molecule is CCCOc1cccc(-c2ncc(I)c(=O)[nH]2)c1. The van der Waals surface area contributed by atoms with Crippen molar-refractivity contribution in [2.24, 2.45) is 0 Å². The Morgan fingerprint density at radius 1 is 1.44 bits per heavy atom. The van der Waals surface area contributed by atoms with Gasteiger partial charge in [-0.15, -0.1) is 0 Å². The van der Waals surface area contributed by atoms with E-state index in [0.717, 1.165) is 17.7 Å². The zero-order valence-corrected chi connectivity index (χ0v) is 12.1. The fraction of sp³-hybridized carbons (Fsp3) is 0.231. The molecule has 0 fully saturated rings. The van der Waals surface area contributed by atoms with Crippen molar-refractivity contribution in [2.45, 2.75) is 13.3 Å². The van der Waals surface area contributed by atoms with Gasteiger partial charge in [0.2, 0.25) is 0 Å². The Bertz CT molecular complexity index is 596. The molecule has 0 unspecified atom stereocenters. The minimum absolute atomic E-state index is 0.125. The van der Waals surface area contributed by atoms with Crippen molar-refractivity contribution < 1.29 is 4.74 Å². The third-order valence-electron chi connectivity index (χ3n) is 2.34. The van der Waals surface area contributed by atoms with Crippen molar-refractivity contribution in [1.29, 1.82) is 0 Å². The monoisotopic (exact) mass is 356 g/mol. The Morgan fingerprint density at radius 3 is 3.00 bits per heavy atom. The molecule has 0 aliphatic rings. The number of hydrogen-bond acceptors (Lipinski definition) is 3. The first-order valence-corrected chi connectivity index (χ1v) is 6.76. The highest BCUT2D eigenvalue weighted by molar-refractivity contribution is 14.1. The molecule has 0 atom stereocenters. The van der Waals surface area contributed by atoms with Gasteiger partial charge in [-0.2, -0.15) is 0 Å². The first-order valence-electron chi connectivity index (χ1n) is 5.68. The lowest BCUT2D eigenvalue weighted by Gasteiger charge is -2.06. The van der Waals surface area contributed by atoms with E-state index in [1.54, 1.807) is 6.20 Å². The van der Waals surface area contributed by atoms with E-state index in [4.69, 9.17) is 4.74 Å². The van der Waals surface area contributed by atoms with E-state index < -0.39 is 0 Å². The predicted molar refractivity (Wildman–Crippen MR) is 78.8 cm³/mol. The number of hydrogen-bond donors (Lipinski definition) is 1. The molecule has 1 aromatic carbocycles. The topological polar surface area (TPSA) is 55.0 Å². The van der Waals surface area contributed by atoms with Crippen LogP contribution in [0.5, 0.6) is 5.75 Å². The van der Waals surface area contributed by atoms with Crippen molar-refractivity contribution in [3.8, 4) is 17.1 Å². The summed E-state index contributed by atoms with van der Waals surface area (Å²) in [6.07, 6.45) is 2.52. The van der Waals surface area contributed by atoms with Crippen molar-refractivity contribution in [2.75, 3.05) is 6.61 Å². The minimum atomic E-state index is -0.125. The normalized spacial score (nSPS) is 10.3. The number of ether oxygens (including phenoxy) is 1. The summed E-state index contributed by atoms with van der Waals surface area (Å²) in [6, 6.07) is 7.55. The molecule has 0 radical (unpaired) electrons. The summed E-state index contributed by atoms with van der Waals surface area (Å²) in [5, 5.41) is 0. The zero-order valence-electron chi connectivity index (χ0n) is 9.94. The minimum Gasteiger partial charge on any atom is -0.494 e. The molecule has 0 aliphatic heterocycles. The van der Waals surface area contributed by atoms with Gasteiger partial charge in [0.15, 0.2) is 0 Å². The van der Waals surface area contributed by atoms with Crippen molar-refractivity contribution in [1.82, 2.24) is 9.97 Å². The highest BCUT2D eigenvalue weighted by atomic mass is 127. The maximum atomic E-state index is 11.5. The molecule has 2 aromatic rings. The van der Waals surface area contributed by atoms with Crippen molar-refractivity contribution in [3.05, 3.63) is 44.4 Å². The molecule has 0 bridgehead atoms. The summed E-state index contributed by atoms with van der Waals surface area (Å²) in [7, 11) is 0. The van der Waals surface area contributed by atoms with E-state index in [1.807, 2.05) is 46.9 Å². The molecule has 4 nitrogen and oxygen atoms in total. The quantitative estimate of drug-likeness (QED) is 0.858. The molecule has 1 heterocycles.